The molecule has 2 rings (SSSR count). The van der Waals surface area contributed by atoms with Gasteiger partial charge in [-0.2, -0.15) is 13.2 Å². The molecule has 0 radical (unpaired) electrons. The molecule has 1 amide bonds. The molecule has 10 heteroatoms. The SMILES string of the molecule is C[C@@H](Sc1ccc(Cl)c(C(F)(F)F)c1)C(=O)Nc1ccccc1[N+](=O)[O-]. The van der Waals surface area contributed by atoms with Crippen molar-refractivity contribution in [2.24, 2.45) is 0 Å². The van der Waals surface area contributed by atoms with Gasteiger partial charge in [-0.25, -0.2) is 0 Å². The molecule has 26 heavy (non-hydrogen) atoms. The summed E-state index contributed by atoms with van der Waals surface area (Å²) in [5.74, 6) is -0.576. The summed E-state index contributed by atoms with van der Waals surface area (Å²) in [7, 11) is 0. The molecule has 138 valence electrons. The quantitative estimate of drug-likeness (QED) is 0.412. The van der Waals surface area contributed by atoms with Gasteiger partial charge in [-0.1, -0.05) is 23.7 Å². The van der Waals surface area contributed by atoms with E-state index >= 15 is 0 Å². The largest absolute Gasteiger partial charge is 0.417 e. The maximum atomic E-state index is 12.9. The zero-order chi connectivity index (χ0) is 19.5. The molecule has 2 aromatic carbocycles. The molecule has 0 heterocycles. The van der Waals surface area contributed by atoms with E-state index in [1.807, 2.05) is 0 Å². The molecule has 0 unspecified atom stereocenters. The molecule has 2 aromatic rings. The molecule has 1 N–H and O–H groups in total. The smallest absolute Gasteiger partial charge is 0.319 e. The molecule has 1 atom stereocenters. The number of carbonyl (C=O) groups is 1. The minimum Gasteiger partial charge on any atom is -0.319 e. The Morgan fingerprint density at radius 3 is 2.54 bits per heavy atom. The van der Waals surface area contributed by atoms with Crippen molar-refractivity contribution < 1.29 is 22.9 Å². The van der Waals surface area contributed by atoms with Gasteiger partial charge in [-0.15, -0.1) is 11.8 Å². The van der Waals surface area contributed by atoms with Gasteiger partial charge in [0.1, 0.15) is 5.69 Å². The van der Waals surface area contributed by atoms with Crippen molar-refractivity contribution in [2.45, 2.75) is 23.2 Å². The average Bonchev–Trinajstić information content (AvgIpc) is 2.55. The number of hydrogen-bond acceptors (Lipinski definition) is 4. The van der Waals surface area contributed by atoms with Crippen molar-refractivity contribution in [3.8, 4) is 0 Å². The Hall–Kier alpha value is -2.26. The topological polar surface area (TPSA) is 72.2 Å². The number of benzene rings is 2. The first-order valence-corrected chi connectivity index (χ1v) is 8.43. The third-order valence-electron chi connectivity index (χ3n) is 3.28. The first-order chi connectivity index (χ1) is 12.1. The predicted molar refractivity (Wildman–Crippen MR) is 93.5 cm³/mol. The second-order valence-electron chi connectivity index (χ2n) is 5.16. The fourth-order valence-corrected chi connectivity index (χ4v) is 3.16. The van der Waals surface area contributed by atoms with Gasteiger partial charge in [0, 0.05) is 11.0 Å². The van der Waals surface area contributed by atoms with Crippen molar-refractivity contribution in [1.29, 1.82) is 0 Å². The van der Waals surface area contributed by atoms with Crippen LogP contribution in [0.15, 0.2) is 47.4 Å². The van der Waals surface area contributed by atoms with E-state index in [2.05, 4.69) is 5.32 Å². The maximum absolute atomic E-state index is 12.9. The van der Waals surface area contributed by atoms with Crippen molar-refractivity contribution >= 4 is 40.6 Å². The summed E-state index contributed by atoms with van der Waals surface area (Å²) in [4.78, 5) is 22.8. The van der Waals surface area contributed by atoms with Crippen LogP contribution in [-0.4, -0.2) is 16.1 Å². The summed E-state index contributed by atoms with van der Waals surface area (Å²) < 4.78 is 38.7. The van der Waals surface area contributed by atoms with Crippen LogP contribution in [-0.2, 0) is 11.0 Å². The van der Waals surface area contributed by atoms with Crippen LogP contribution >= 0.6 is 23.4 Å². The van der Waals surface area contributed by atoms with Crippen LogP contribution in [0.2, 0.25) is 5.02 Å². The van der Waals surface area contributed by atoms with E-state index < -0.39 is 32.8 Å². The third kappa shape index (κ3) is 4.89. The minimum atomic E-state index is -4.61. The number of nitrogens with zero attached hydrogens (tertiary/aromatic N) is 1. The molecule has 0 spiro atoms. The number of alkyl halides is 3. The van der Waals surface area contributed by atoms with Crippen molar-refractivity contribution in [2.75, 3.05) is 5.32 Å². The Morgan fingerprint density at radius 1 is 1.27 bits per heavy atom. The van der Waals surface area contributed by atoms with Crippen LogP contribution in [0.5, 0.6) is 0 Å². The first kappa shape index (κ1) is 20.1. The van der Waals surface area contributed by atoms with Gasteiger partial charge in [-0.05, 0) is 31.2 Å². The molecule has 0 saturated heterocycles. The molecule has 0 aromatic heterocycles. The Kier molecular flexibility index (Phi) is 6.14. The predicted octanol–water partition coefficient (Wildman–Crippen LogP) is 5.39. The number of nitrogens with one attached hydrogen (secondary N) is 1. The summed E-state index contributed by atoms with van der Waals surface area (Å²) in [5.41, 5.74) is -1.25. The van der Waals surface area contributed by atoms with Gasteiger partial charge in [0.25, 0.3) is 5.69 Å². The summed E-state index contributed by atoms with van der Waals surface area (Å²) in [5, 5.41) is 12.1. The highest BCUT2D eigenvalue weighted by atomic mass is 35.5. The van der Waals surface area contributed by atoms with Crippen molar-refractivity contribution in [3.05, 3.63) is 63.2 Å². The van der Waals surface area contributed by atoms with Gasteiger partial charge in [-0.3, -0.25) is 14.9 Å². The van der Waals surface area contributed by atoms with E-state index in [9.17, 15) is 28.1 Å². The third-order valence-corrected chi connectivity index (χ3v) is 4.71. The lowest BCUT2D eigenvalue weighted by molar-refractivity contribution is -0.383. The van der Waals surface area contributed by atoms with Gasteiger partial charge in [0.2, 0.25) is 5.91 Å². The molecular weight excluding hydrogens is 393 g/mol. The standard InChI is InChI=1S/C16H12ClF3N2O3S/c1-9(15(23)21-13-4-2-3-5-14(13)22(24)25)26-10-6-7-12(17)11(8-10)16(18,19)20/h2-9H,1H3,(H,21,23)/t9-/m1/s1. The van der Waals surface area contributed by atoms with Crippen molar-refractivity contribution in [1.82, 2.24) is 0 Å². The number of thioether (sulfide) groups is 1. The lowest BCUT2D eigenvalue weighted by Gasteiger charge is -2.14. The molecule has 0 saturated carbocycles. The van der Waals surface area contributed by atoms with Gasteiger partial charge in [0.15, 0.2) is 0 Å². The van der Waals surface area contributed by atoms with Crippen molar-refractivity contribution in [3.63, 3.8) is 0 Å². The number of amides is 1. The van der Waals surface area contributed by atoms with E-state index in [1.165, 1.54) is 37.3 Å². The van der Waals surface area contributed by atoms with Crippen LogP contribution in [0.3, 0.4) is 0 Å². The monoisotopic (exact) mass is 404 g/mol. The Bertz CT molecular complexity index is 846. The molecule has 0 fully saturated rings. The second kappa shape index (κ2) is 7.96. The second-order valence-corrected chi connectivity index (χ2v) is 6.98. The van der Waals surface area contributed by atoms with Gasteiger partial charge >= 0.3 is 6.18 Å². The fourth-order valence-electron chi connectivity index (χ4n) is 2.03. The summed E-state index contributed by atoms with van der Waals surface area (Å²) in [6, 6.07) is 8.94. The highest BCUT2D eigenvalue weighted by Crippen LogP contribution is 2.38. The number of halogens is 4. The van der Waals surface area contributed by atoms with Crippen LogP contribution in [0.1, 0.15) is 12.5 Å². The Labute approximate surface area is 155 Å². The Balaban J connectivity index is 2.14. The molecule has 0 aliphatic rings. The van der Waals surface area contributed by atoms with E-state index in [0.717, 1.165) is 23.9 Å². The Morgan fingerprint density at radius 2 is 1.92 bits per heavy atom. The normalized spacial score (nSPS) is 12.5. The molecule has 0 aliphatic carbocycles. The summed E-state index contributed by atoms with van der Waals surface area (Å²) >= 11 is 6.45. The van der Waals surface area contributed by atoms with Crippen LogP contribution in [0.4, 0.5) is 24.5 Å². The lowest BCUT2D eigenvalue weighted by atomic mass is 10.2. The van der Waals surface area contributed by atoms with Crippen LogP contribution in [0.25, 0.3) is 0 Å². The zero-order valence-electron chi connectivity index (χ0n) is 13.2. The highest BCUT2D eigenvalue weighted by Gasteiger charge is 2.33. The van der Waals surface area contributed by atoms with E-state index in [0.29, 0.717) is 0 Å². The average molecular weight is 405 g/mol. The summed E-state index contributed by atoms with van der Waals surface area (Å²) in [6.45, 7) is 1.48. The van der Waals surface area contributed by atoms with Crippen LogP contribution < -0.4 is 5.32 Å². The fraction of sp³-hybridized carbons (Fsp3) is 0.188. The number of nitro groups is 1. The van der Waals surface area contributed by atoms with E-state index in [-0.39, 0.29) is 16.3 Å². The number of nitro benzene ring substituents is 1. The minimum absolute atomic E-state index is 0.0158. The van der Waals surface area contributed by atoms with Gasteiger partial charge < -0.3 is 5.32 Å². The molecular formula is C16H12ClF3N2O3S. The maximum Gasteiger partial charge on any atom is 0.417 e. The number of anilines is 1. The highest BCUT2D eigenvalue weighted by molar-refractivity contribution is 8.00. The van der Waals surface area contributed by atoms with Crippen LogP contribution in [0, 0.1) is 10.1 Å². The first-order valence-electron chi connectivity index (χ1n) is 7.17. The zero-order valence-corrected chi connectivity index (χ0v) is 14.8. The van der Waals surface area contributed by atoms with Gasteiger partial charge in [0.05, 0.1) is 20.8 Å². The van der Waals surface area contributed by atoms with E-state index in [4.69, 9.17) is 11.6 Å². The molecule has 0 bridgehead atoms. The number of para-hydroxylation sites is 2. The number of rotatable bonds is 5. The summed E-state index contributed by atoms with van der Waals surface area (Å²) in [6.07, 6.45) is -4.61. The number of hydrogen-bond donors (Lipinski definition) is 1. The van der Waals surface area contributed by atoms with E-state index in [1.54, 1.807) is 0 Å². The number of carbonyl (C=O) groups excluding carboxylic acids is 1. The molecule has 5 nitrogen and oxygen atoms in total. The molecule has 0 aliphatic heterocycles. The lowest BCUT2D eigenvalue weighted by Crippen LogP contribution is -2.22.